The summed E-state index contributed by atoms with van der Waals surface area (Å²) in [5.74, 6) is 4.49. The predicted octanol–water partition coefficient (Wildman–Crippen LogP) is 2.68. The highest BCUT2D eigenvalue weighted by Gasteiger charge is 2.17. The Kier molecular flexibility index (Phi) is 4.00. The van der Waals surface area contributed by atoms with Gasteiger partial charge in [-0.1, -0.05) is 22.0 Å². The van der Waals surface area contributed by atoms with Gasteiger partial charge in [0.1, 0.15) is 11.6 Å². The molecule has 2 rings (SSSR count). The first kappa shape index (κ1) is 13.1. The molecule has 0 bridgehead atoms. The molecule has 1 aromatic heterocycles. The first-order valence-electron chi connectivity index (χ1n) is 5.13. The van der Waals surface area contributed by atoms with Crippen molar-refractivity contribution >= 4 is 15.9 Å². The molecule has 3 nitrogen and oxygen atoms in total. The summed E-state index contributed by atoms with van der Waals surface area (Å²) in [6.07, 6.45) is 2.52. The minimum absolute atomic E-state index is 0.327. The van der Waals surface area contributed by atoms with E-state index in [1.165, 1.54) is 18.3 Å². The summed E-state index contributed by atoms with van der Waals surface area (Å²) in [5.41, 5.74) is 3.24. The van der Waals surface area contributed by atoms with Gasteiger partial charge in [-0.05, 0) is 23.8 Å². The third kappa shape index (κ3) is 2.72. The Morgan fingerprint density at radius 2 is 2.00 bits per heavy atom. The number of hydrazine groups is 1. The molecule has 0 saturated carbocycles. The fraction of sp³-hybridized carbons (Fsp3) is 0.0833. The smallest absolute Gasteiger partial charge is 0.141 e. The lowest BCUT2D eigenvalue weighted by Gasteiger charge is -2.17. The summed E-state index contributed by atoms with van der Waals surface area (Å²) in [6, 6.07) is 5.21. The normalized spacial score (nSPS) is 12.4. The maximum atomic E-state index is 13.8. The van der Waals surface area contributed by atoms with E-state index >= 15 is 0 Å². The second kappa shape index (κ2) is 5.51. The molecule has 0 aliphatic heterocycles. The van der Waals surface area contributed by atoms with Gasteiger partial charge < -0.3 is 0 Å². The van der Waals surface area contributed by atoms with Crippen molar-refractivity contribution in [2.75, 3.05) is 0 Å². The maximum absolute atomic E-state index is 13.8. The van der Waals surface area contributed by atoms with Gasteiger partial charge >= 0.3 is 0 Å². The van der Waals surface area contributed by atoms with Gasteiger partial charge in [-0.3, -0.25) is 10.8 Å². The monoisotopic (exact) mass is 313 g/mol. The van der Waals surface area contributed by atoms with Gasteiger partial charge in [0.15, 0.2) is 0 Å². The lowest BCUT2D eigenvalue weighted by molar-refractivity contribution is 0.553. The van der Waals surface area contributed by atoms with Crippen molar-refractivity contribution in [2.24, 2.45) is 5.84 Å². The molecule has 94 valence electrons. The van der Waals surface area contributed by atoms with Crippen LogP contribution in [0.3, 0.4) is 0 Å². The van der Waals surface area contributed by atoms with Gasteiger partial charge in [-0.25, -0.2) is 14.2 Å². The van der Waals surface area contributed by atoms with Crippen molar-refractivity contribution in [1.29, 1.82) is 0 Å². The molecule has 1 atom stereocenters. The van der Waals surface area contributed by atoms with E-state index in [9.17, 15) is 8.78 Å². The lowest BCUT2D eigenvalue weighted by atomic mass is 10.0. The third-order valence-corrected chi connectivity index (χ3v) is 2.99. The topological polar surface area (TPSA) is 50.9 Å². The largest absolute Gasteiger partial charge is 0.271 e. The highest BCUT2D eigenvalue weighted by molar-refractivity contribution is 9.10. The molecule has 0 aliphatic rings. The van der Waals surface area contributed by atoms with Gasteiger partial charge in [-0.15, -0.1) is 0 Å². The number of halogens is 3. The van der Waals surface area contributed by atoms with Gasteiger partial charge in [-0.2, -0.15) is 0 Å². The fourth-order valence-electron chi connectivity index (χ4n) is 1.69. The van der Waals surface area contributed by atoms with Crippen LogP contribution in [0.4, 0.5) is 8.78 Å². The summed E-state index contributed by atoms with van der Waals surface area (Å²) >= 11 is 3.17. The first-order valence-corrected chi connectivity index (χ1v) is 5.92. The number of nitrogens with one attached hydrogen (secondary N) is 1. The molecular weight excluding hydrogens is 304 g/mol. The molecule has 0 aliphatic carbocycles. The molecule has 1 aromatic carbocycles. The van der Waals surface area contributed by atoms with E-state index in [1.54, 1.807) is 12.1 Å². The molecular formula is C12H10BrF2N3. The van der Waals surface area contributed by atoms with Crippen LogP contribution in [0.5, 0.6) is 0 Å². The Balaban J connectivity index is 2.45. The second-order valence-corrected chi connectivity index (χ2v) is 4.62. The number of benzene rings is 1. The van der Waals surface area contributed by atoms with Crippen LogP contribution in [-0.2, 0) is 0 Å². The van der Waals surface area contributed by atoms with E-state index in [1.807, 2.05) is 0 Å². The summed E-state index contributed by atoms with van der Waals surface area (Å²) in [6.45, 7) is 0. The van der Waals surface area contributed by atoms with Gasteiger partial charge in [0, 0.05) is 16.2 Å². The Labute approximate surface area is 111 Å². The highest BCUT2D eigenvalue weighted by atomic mass is 79.9. The average molecular weight is 314 g/mol. The molecule has 0 saturated heterocycles. The summed E-state index contributed by atoms with van der Waals surface area (Å²) in [7, 11) is 0. The number of rotatable bonds is 3. The van der Waals surface area contributed by atoms with Crippen molar-refractivity contribution in [2.45, 2.75) is 6.04 Å². The number of hydrogen-bond acceptors (Lipinski definition) is 3. The highest BCUT2D eigenvalue weighted by Crippen LogP contribution is 2.25. The van der Waals surface area contributed by atoms with Gasteiger partial charge in [0.2, 0.25) is 0 Å². The number of nitrogens with two attached hydrogens (primary N) is 1. The standard InChI is InChI=1S/C12H10BrF2N3/c13-8-1-2-10(11(15)4-8)12(18-16)7-3-9(14)6-17-5-7/h1-6,12,18H,16H2. The Bertz CT molecular complexity index is 563. The predicted molar refractivity (Wildman–Crippen MR) is 67.5 cm³/mol. The molecule has 6 heteroatoms. The molecule has 1 unspecified atom stereocenters. The van der Waals surface area contributed by atoms with Crippen molar-refractivity contribution in [3.63, 3.8) is 0 Å². The lowest BCUT2D eigenvalue weighted by Crippen LogP contribution is -2.29. The van der Waals surface area contributed by atoms with Crippen LogP contribution >= 0.6 is 15.9 Å². The van der Waals surface area contributed by atoms with E-state index < -0.39 is 17.7 Å². The summed E-state index contributed by atoms with van der Waals surface area (Å²) in [5, 5.41) is 0. The number of aromatic nitrogens is 1. The van der Waals surface area contributed by atoms with Crippen LogP contribution in [0.2, 0.25) is 0 Å². The minimum Gasteiger partial charge on any atom is -0.271 e. The van der Waals surface area contributed by atoms with Gasteiger partial charge in [0.05, 0.1) is 12.2 Å². The van der Waals surface area contributed by atoms with Crippen molar-refractivity contribution in [3.05, 3.63) is 63.9 Å². The zero-order valence-corrected chi connectivity index (χ0v) is 10.8. The maximum Gasteiger partial charge on any atom is 0.141 e. The van der Waals surface area contributed by atoms with Crippen molar-refractivity contribution in [1.82, 2.24) is 10.4 Å². The molecule has 0 spiro atoms. The SMILES string of the molecule is NNC(c1cncc(F)c1)c1ccc(Br)cc1F. The molecule has 0 radical (unpaired) electrons. The Morgan fingerprint density at radius 3 is 2.61 bits per heavy atom. The quantitative estimate of drug-likeness (QED) is 0.676. The van der Waals surface area contributed by atoms with Crippen LogP contribution in [0.1, 0.15) is 17.2 Å². The first-order chi connectivity index (χ1) is 8.61. The Morgan fingerprint density at radius 1 is 1.22 bits per heavy atom. The third-order valence-electron chi connectivity index (χ3n) is 2.50. The van der Waals surface area contributed by atoms with E-state index in [2.05, 4.69) is 26.3 Å². The number of nitrogens with zero attached hydrogens (tertiary/aromatic N) is 1. The summed E-state index contributed by atoms with van der Waals surface area (Å²) in [4.78, 5) is 3.72. The minimum atomic E-state index is -0.652. The van der Waals surface area contributed by atoms with E-state index in [4.69, 9.17) is 5.84 Å². The van der Waals surface area contributed by atoms with Crippen LogP contribution in [0.25, 0.3) is 0 Å². The van der Waals surface area contributed by atoms with E-state index in [-0.39, 0.29) is 0 Å². The molecule has 0 fully saturated rings. The van der Waals surface area contributed by atoms with Crippen LogP contribution < -0.4 is 11.3 Å². The average Bonchev–Trinajstić information content (AvgIpc) is 2.33. The van der Waals surface area contributed by atoms with Crippen LogP contribution in [-0.4, -0.2) is 4.98 Å². The second-order valence-electron chi connectivity index (χ2n) is 3.70. The van der Waals surface area contributed by atoms with Crippen LogP contribution in [0, 0.1) is 11.6 Å². The zero-order valence-electron chi connectivity index (χ0n) is 9.20. The summed E-state index contributed by atoms with van der Waals surface area (Å²) < 4.78 is 27.6. The van der Waals surface area contributed by atoms with E-state index in [0.29, 0.717) is 15.6 Å². The number of hydrogen-bond donors (Lipinski definition) is 2. The number of pyridine rings is 1. The molecule has 3 N–H and O–H groups in total. The van der Waals surface area contributed by atoms with Crippen molar-refractivity contribution < 1.29 is 8.78 Å². The zero-order chi connectivity index (χ0) is 13.1. The van der Waals surface area contributed by atoms with E-state index in [0.717, 1.165) is 6.20 Å². The molecule has 18 heavy (non-hydrogen) atoms. The van der Waals surface area contributed by atoms with Gasteiger partial charge in [0.25, 0.3) is 0 Å². The Hall–Kier alpha value is -1.37. The molecule has 1 heterocycles. The fourth-order valence-corrected chi connectivity index (χ4v) is 2.02. The van der Waals surface area contributed by atoms with Crippen LogP contribution in [0.15, 0.2) is 41.1 Å². The molecule has 0 amide bonds. The molecule has 2 aromatic rings. The van der Waals surface area contributed by atoms with Crippen molar-refractivity contribution in [3.8, 4) is 0 Å².